The summed E-state index contributed by atoms with van der Waals surface area (Å²) in [6.45, 7) is 0.318. The van der Waals surface area contributed by atoms with Gasteiger partial charge < -0.3 is 11.5 Å². The van der Waals surface area contributed by atoms with Crippen LogP contribution in [0.25, 0.3) is 0 Å². The lowest BCUT2D eigenvalue weighted by atomic mass is 10.0. The average Bonchev–Trinajstić information content (AvgIpc) is 2.28. The molecular weight excluding hydrogens is 178 g/mol. The molecule has 0 aliphatic heterocycles. The Kier molecular flexibility index (Phi) is 4.35. The maximum atomic E-state index is 10.8. The minimum absolute atomic E-state index is 0.196. The van der Waals surface area contributed by atoms with Crippen LogP contribution in [0.15, 0.2) is 0 Å². The fourth-order valence-corrected chi connectivity index (χ4v) is 2.23. The minimum Gasteiger partial charge on any atom is -0.369 e. The number of carbonyl (C=O) groups excluding carboxylic acids is 1. The van der Waals surface area contributed by atoms with Crippen molar-refractivity contribution in [2.45, 2.75) is 44.2 Å². The summed E-state index contributed by atoms with van der Waals surface area (Å²) in [5.74, 6) is -0.274. The van der Waals surface area contributed by atoms with Crippen molar-refractivity contribution in [2.75, 3.05) is 13.6 Å². The number of rotatable bonds is 3. The summed E-state index contributed by atoms with van der Waals surface area (Å²) >= 11 is 0. The van der Waals surface area contributed by atoms with Crippen LogP contribution in [-0.4, -0.2) is 36.5 Å². The highest BCUT2D eigenvalue weighted by Gasteiger charge is 2.24. The number of amides is 1. The van der Waals surface area contributed by atoms with Crippen LogP contribution in [0.4, 0.5) is 0 Å². The molecule has 1 rings (SSSR count). The number of nitrogens with zero attached hydrogens (tertiary/aromatic N) is 1. The van der Waals surface area contributed by atoms with Crippen molar-refractivity contribution in [3.63, 3.8) is 0 Å². The third-order valence-corrected chi connectivity index (χ3v) is 3.00. The van der Waals surface area contributed by atoms with Crippen molar-refractivity contribution in [3.05, 3.63) is 0 Å². The molecule has 1 aliphatic carbocycles. The minimum atomic E-state index is -0.274. The first-order chi connectivity index (χ1) is 6.61. The molecule has 0 heterocycles. The van der Waals surface area contributed by atoms with Crippen LogP contribution >= 0.6 is 0 Å². The Balaban J connectivity index is 2.49. The Bertz CT molecular complexity index is 196. The van der Waals surface area contributed by atoms with Crippen LogP contribution in [0.3, 0.4) is 0 Å². The lowest BCUT2D eigenvalue weighted by Gasteiger charge is -2.30. The summed E-state index contributed by atoms with van der Waals surface area (Å²) in [6, 6.07) is 0.520. The molecule has 4 heteroatoms. The Hall–Kier alpha value is -0.610. The molecule has 14 heavy (non-hydrogen) atoms. The Morgan fingerprint density at radius 1 is 1.36 bits per heavy atom. The second-order valence-corrected chi connectivity index (χ2v) is 4.25. The summed E-state index contributed by atoms with van der Waals surface area (Å²) in [7, 11) is 1.93. The number of hydrogen-bond donors (Lipinski definition) is 2. The summed E-state index contributed by atoms with van der Waals surface area (Å²) in [4.78, 5) is 12.8. The normalized spacial score (nSPS) is 28.8. The fourth-order valence-electron chi connectivity index (χ4n) is 2.23. The molecule has 0 radical (unpaired) electrons. The molecular formula is C10H21N3O. The van der Waals surface area contributed by atoms with Gasteiger partial charge in [0.15, 0.2) is 0 Å². The third-order valence-electron chi connectivity index (χ3n) is 3.00. The molecule has 0 bridgehead atoms. The molecule has 82 valence electrons. The molecule has 0 saturated heterocycles. The molecule has 0 aromatic heterocycles. The van der Waals surface area contributed by atoms with Gasteiger partial charge in [-0.1, -0.05) is 19.3 Å². The van der Waals surface area contributed by atoms with E-state index in [2.05, 4.69) is 0 Å². The van der Waals surface area contributed by atoms with E-state index in [0.717, 1.165) is 12.8 Å². The van der Waals surface area contributed by atoms with Crippen molar-refractivity contribution in [1.29, 1.82) is 0 Å². The zero-order valence-electron chi connectivity index (χ0n) is 8.91. The summed E-state index contributed by atoms with van der Waals surface area (Å²) in [5, 5.41) is 0. The van der Waals surface area contributed by atoms with Gasteiger partial charge in [-0.2, -0.15) is 0 Å². The quantitative estimate of drug-likeness (QED) is 0.631. The van der Waals surface area contributed by atoms with Crippen LogP contribution < -0.4 is 11.5 Å². The van der Waals surface area contributed by atoms with E-state index >= 15 is 0 Å². The van der Waals surface area contributed by atoms with Gasteiger partial charge in [-0.3, -0.25) is 9.69 Å². The lowest BCUT2D eigenvalue weighted by molar-refractivity contribution is -0.119. The Morgan fingerprint density at radius 2 is 2.00 bits per heavy atom. The largest absolute Gasteiger partial charge is 0.369 e. The maximum absolute atomic E-state index is 10.8. The van der Waals surface area contributed by atoms with Crippen LogP contribution in [-0.2, 0) is 4.79 Å². The molecule has 1 aliphatic rings. The van der Waals surface area contributed by atoms with Gasteiger partial charge in [0, 0.05) is 12.1 Å². The van der Waals surface area contributed by atoms with E-state index in [1.165, 1.54) is 19.3 Å². The number of nitrogens with two attached hydrogens (primary N) is 2. The van der Waals surface area contributed by atoms with Gasteiger partial charge in [0.2, 0.25) is 5.91 Å². The maximum Gasteiger partial charge on any atom is 0.231 e. The summed E-state index contributed by atoms with van der Waals surface area (Å²) < 4.78 is 0. The topological polar surface area (TPSA) is 72.3 Å². The Morgan fingerprint density at radius 3 is 2.64 bits per heavy atom. The highest BCUT2D eigenvalue weighted by Crippen LogP contribution is 2.20. The zero-order chi connectivity index (χ0) is 10.6. The molecule has 2 unspecified atom stereocenters. The first kappa shape index (κ1) is 11.5. The van der Waals surface area contributed by atoms with Crippen LogP contribution in [0.2, 0.25) is 0 Å². The standard InChI is InChI=1S/C10H21N3O/c1-13(7-10(12)14)9-6-4-2-3-5-8(9)11/h8-9H,2-7,11H2,1H3,(H2,12,14). The van der Waals surface area contributed by atoms with Gasteiger partial charge in [-0.05, 0) is 19.9 Å². The van der Waals surface area contributed by atoms with Crippen molar-refractivity contribution in [3.8, 4) is 0 Å². The summed E-state index contributed by atoms with van der Waals surface area (Å²) in [6.07, 6.45) is 5.83. The molecule has 0 aromatic carbocycles. The first-order valence-corrected chi connectivity index (χ1v) is 5.35. The highest BCUT2D eigenvalue weighted by molar-refractivity contribution is 5.75. The van der Waals surface area contributed by atoms with Crippen molar-refractivity contribution in [2.24, 2.45) is 11.5 Å². The van der Waals surface area contributed by atoms with Crippen molar-refractivity contribution < 1.29 is 4.79 Å². The molecule has 4 N–H and O–H groups in total. The third kappa shape index (κ3) is 3.27. The molecule has 1 saturated carbocycles. The second-order valence-electron chi connectivity index (χ2n) is 4.25. The molecule has 0 aromatic rings. The predicted octanol–water partition coefficient (Wildman–Crippen LogP) is 0.0635. The predicted molar refractivity (Wildman–Crippen MR) is 56.7 cm³/mol. The number of carbonyl (C=O) groups is 1. The van der Waals surface area contributed by atoms with Gasteiger partial charge in [-0.15, -0.1) is 0 Å². The van der Waals surface area contributed by atoms with Crippen LogP contribution in [0.5, 0.6) is 0 Å². The monoisotopic (exact) mass is 199 g/mol. The highest BCUT2D eigenvalue weighted by atomic mass is 16.1. The fraction of sp³-hybridized carbons (Fsp3) is 0.900. The summed E-state index contributed by atoms with van der Waals surface area (Å²) in [5.41, 5.74) is 11.2. The Labute approximate surface area is 85.6 Å². The van der Waals surface area contributed by atoms with Crippen molar-refractivity contribution >= 4 is 5.91 Å². The van der Waals surface area contributed by atoms with E-state index in [0.29, 0.717) is 12.6 Å². The van der Waals surface area contributed by atoms with Crippen LogP contribution in [0, 0.1) is 0 Å². The smallest absolute Gasteiger partial charge is 0.231 e. The molecule has 0 spiro atoms. The number of likely N-dealkylation sites (N-methyl/N-ethyl adjacent to an activating group) is 1. The van der Waals surface area contributed by atoms with E-state index in [1.807, 2.05) is 11.9 Å². The van der Waals surface area contributed by atoms with E-state index in [-0.39, 0.29) is 11.9 Å². The number of primary amides is 1. The second kappa shape index (κ2) is 5.32. The number of hydrogen-bond acceptors (Lipinski definition) is 3. The zero-order valence-corrected chi connectivity index (χ0v) is 8.91. The first-order valence-electron chi connectivity index (χ1n) is 5.35. The average molecular weight is 199 g/mol. The van der Waals surface area contributed by atoms with Crippen LogP contribution in [0.1, 0.15) is 32.1 Å². The van der Waals surface area contributed by atoms with E-state index in [9.17, 15) is 4.79 Å². The molecule has 4 nitrogen and oxygen atoms in total. The van der Waals surface area contributed by atoms with Gasteiger partial charge in [0.1, 0.15) is 0 Å². The van der Waals surface area contributed by atoms with Gasteiger partial charge in [-0.25, -0.2) is 0 Å². The van der Waals surface area contributed by atoms with E-state index in [4.69, 9.17) is 11.5 Å². The molecule has 2 atom stereocenters. The van der Waals surface area contributed by atoms with Gasteiger partial charge in [0.05, 0.1) is 6.54 Å². The lowest BCUT2D eigenvalue weighted by Crippen LogP contribution is -2.48. The van der Waals surface area contributed by atoms with Crippen molar-refractivity contribution in [1.82, 2.24) is 4.90 Å². The van der Waals surface area contributed by atoms with Gasteiger partial charge in [0.25, 0.3) is 0 Å². The van der Waals surface area contributed by atoms with E-state index < -0.39 is 0 Å². The van der Waals surface area contributed by atoms with E-state index in [1.54, 1.807) is 0 Å². The molecule has 1 amide bonds. The van der Waals surface area contributed by atoms with Gasteiger partial charge >= 0.3 is 0 Å². The molecule has 1 fully saturated rings. The SMILES string of the molecule is CN(CC(N)=O)C1CCCCCC1N.